The highest BCUT2D eigenvalue weighted by Gasteiger charge is 2.62. The molecule has 1 atom stereocenters. The van der Waals surface area contributed by atoms with Gasteiger partial charge in [0.2, 0.25) is 5.91 Å². The second-order valence-corrected chi connectivity index (χ2v) is 4.03. The van der Waals surface area contributed by atoms with E-state index in [1.165, 1.54) is 0 Å². The van der Waals surface area contributed by atoms with Crippen molar-refractivity contribution in [1.29, 1.82) is 0 Å². The van der Waals surface area contributed by atoms with E-state index in [0.29, 0.717) is 12.8 Å². The third-order valence-electron chi connectivity index (χ3n) is 3.30. The molecule has 2 aliphatic heterocycles. The van der Waals surface area contributed by atoms with Crippen LogP contribution in [0.2, 0.25) is 0 Å². The van der Waals surface area contributed by atoms with Crippen LogP contribution in [-0.4, -0.2) is 29.1 Å². The van der Waals surface area contributed by atoms with Crippen LogP contribution in [-0.2, 0) is 4.79 Å². The first kappa shape index (κ1) is 9.80. The number of fused-ring (bicyclic) bond motifs is 1. The van der Waals surface area contributed by atoms with Crippen molar-refractivity contribution < 1.29 is 18.0 Å². The number of carbonyl (C=O) groups is 1. The fraction of sp³-hybridized carbons (Fsp3) is 0.889. The van der Waals surface area contributed by atoms with Gasteiger partial charge in [-0.15, -0.1) is 0 Å². The van der Waals surface area contributed by atoms with Gasteiger partial charge < -0.3 is 4.90 Å². The van der Waals surface area contributed by atoms with Gasteiger partial charge in [-0.2, -0.15) is 13.2 Å². The molecular weight excluding hydrogens is 195 g/mol. The summed E-state index contributed by atoms with van der Waals surface area (Å²) in [5.41, 5.74) is -1.82. The maximum absolute atomic E-state index is 12.9. The summed E-state index contributed by atoms with van der Waals surface area (Å²) in [6.07, 6.45) is -2.97. The van der Waals surface area contributed by atoms with Crippen LogP contribution in [0.5, 0.6) is 0 Å². The molecule has 2 saturated heterocycles. The van der Waals surface area contributed by atoms with Gasteiger partial charge in [-0.25, -0.2) is 0 Å². The minimum absolute atomic E-state index is 0.0856. The van der Waals surface area contributed by atoms with Crippen LogP contribution in [0.25, 0.3) is 0 Å². The lowest BCUT2D eigenvalue weighted by Gasteiger charge is -2.43. The van der Waals surface area contributed by atoms with Crippen LogP contribution in [0.3, 0.4) is 0 Å². The van der Waals surface area contributed by atoms with Crippen molar-refractivity contribution in [2.45, 2.75) is 43.8 Å². The average molecular weight is 207 g/mol. The highest BCUT2D eigenvalue weighted by Crippen LogP contribution is 2.48. The van der Waals surface area contributed by atoms with Crippen molar-refractivity contribution in [3.63, 3.8) is 0 Å². The van der Waals surface area contributed by atoms with Gasteiger partial charge in [0.05, 0.1) is 0 Å². The second kappa shape index (κ2) is 2.87. The lowest BCUT2D eigenvalue weighted by Crippen LogP contribution is -2.59. The zero-order valence-corrected chi connectivity index (χ0v) is 7.73. The first-order chi connectivity index (χ1) is 6.47. The highest BCUT2D eigenvalue weighted by atomic mass is 19.4. The number of nitrogens with zero attached hydrogens (tertiary/aromatic N) is 1. The number of hydrogen-bond acceptors (Lipinski definition) is 1. The monoisotopic (exact) mass is 207 g/mol. The molecule has 2 heterocycles. The largest absolute Gasteiger partial charge is 0.411 e. The maximum Gasteiger partial charge on any atom is 0.411 e. The van der Waals surface area contributed by atoms with Crippen LogP contribution < -0.4 is 0 Å². The van der Waals surface area contributed by atoms with E-state index >= 15 is 0 Å². The fourth-order valence-electron chi connectivity index (χ4n) is 2.61. The van der Waals surface area contributed by atoms with Gasteiger partial charge in [-0.3, -0.25) is 4.79 Å². The molecule has 1 amide bonds. The summed E-state index contributed by atoms with van der Waals surface area (Å²) in [6.45, 7) is 0.276. The zero-order valence-electron chi connectivity index (χ0n) is 7.73. The van der Waals surface area contributed by atoms with Crippen molar-refractivity contribution in [3.8, 4) is 0 Å². The molecule has 80 valence electrons. The number of alkyl halides is 3. The summed E-state index contributed by atoms with van der Waals surface area (Å²) >= 11 is 0. The van der Waals surface area contributed by atoms with Crippen LogP contribution in [0.1, 0.15) is 32.1 Å². The van der Waals surface area contributed by atoms with Crippen molar-refractivity contribution in [1.82, 2.24) is 4.90 Å². The lowest BCUT2D eigenvalue weighted by atomic mass is 9.85. The Kier molecular flexibility index (Phi) is 2.01. The molecule has 0 aliphatic carbocycles. The first-order valence-corrected chi connectivity index (χ1v) is 4.85. The van der Waals surface area contributed by atoms with E-state index in [1.54, 1.807) is 0 Å². The van der Waals surface area contributed by atoms with Gasteiger partial charge in [-0.1, -0.05) is 0 Å². The molecule has 2 rings (SSSR count). The molecule has 0 radical (unpaired) electrons. The Balaban J connectivity index is 2.35. The Bertz CT molecular complexity index is 263. The van der Waals surface area contributed by atoms with E-state index in [9.17, 15) is 18.0 Å². The Morgan fingerprint density at radius 1 is 1.21 bits per heavy atom. The number of amides is 1. The first-order valence-electron chi connectivity index (χ1n) is 4.85. The molecule has 1 unspecified atom stereocenters. The highest BCUT2D eigenvalue weighted by molar-refractivity contribution is 5.78. The molecule has 0 aromatic rings. The molecule has 0 N–H and O–H groups in total. The van der Waals surface area contributed by atoms with Crippen molar-refractivity contribution in [2.24, 2.45) is 0 Å². The van der Waals surface area contributed by atoms with Crippen molar-refractivity contribution in [2.75, 3.05) is 6.54 Å². The van der Waals surface area contributed by atoms with Crippen molar-refractivity contribution in [3.05, 3.63) is 0 Å². The van der Waals surface area contributed by atoms with E-state index in [1.807, 2.05) is 0 Å². The van der Waals surface area contributed by atoms with Gasteiger partial charge in [0.1, 0.15) is 5.54 Å². The van der Waals surface area contributed by atoms with Gasteiger partial charge >= 0.3 is 6.18 Å². The third kappa shape index (κ3) is 1.14. The Labute approximate surface area is 80.1 Å². The van der Waals surface area contributed by atoms with Crippen LogP contribution in [0.4, 0.5) is 13.2 Å². The fourth-order valence-corrected chi connectivity index (χ4v) is 2.61. The average Bonchev–Trinajstić information content (AvgIpc) is 2.49. The minimum atomic E-state index is -4.26. The number of hydrogen-bond donors (Lipinski definition) is 0. The molecule has 0 spiro atoms. The van der Waals surface area contributed by atoms with Crippen molar-refractivity contribution >= 4 is 5.91 Å². The summed E-state index contributed by atoms with van der Waals surface area (Å²) in [6, 6.07) is 0. The summed E-state index contributed by atoms with van der Waals surface area (Å²) in [5, 5.41) is 0. The predicted molar refractivity (Wildman–Crippen MR) is 43.6 cm³/mol. The molecule has 2 fully saturated rings. The van der Waals surface area contributed by atoms with E-state index in [-0.39, 0.29) is 31.7 Å². The number of rotatable bonds is 0. The quantitative estimate of drug-likeness (QED) is 0.595. The topological polar surface area (TPSA) is 20.3 Å². The predicted octanol–water partition coefficient (Wildman–Crippen LogP) is 2.09. The van der Waals surface area contributed by atoms with Gasteiger partial charge in [0.15, 0.2) is 0 Å². The molecule has 0 saturated carbocycles. The molecular formula is C9H12F3NO. The van der Waals surface area contributed by atoms with Gasteiger partial charge in [-0.05, 0) is 25.7 Å². The minimum Gasteiger partial charge on any atom is -0.328 e. The van der Waals surface area contributed by atoms with Gasteiger partial charge in [0.25, 0.3) is 0 Å². The second-order valence-electron chi connectivity index (χ2n) is 4.03. The summed E-state index contributed by atoms with van der Waals surface area (Å²) in [4.78, 5) is 12.4. The smallest absolute Gasteiger partial charge is 0.328 e. The summed E-state index contributed by atoms with van der Waals surface area (Å²) in [5.74, 6) is -0.328. The van der Waals surface area contributed by atoms with Gasteiger partial charge in [0, 0.05) is 13.0 Å². The Morgan fingerprint density at radius 2 is 1.86 bits per heavy atom. The molecule has 14 heavy (non-hydrogen) atoms. The third-order valence-corrected chi connectivity index (χ3v) is 3.30. The summed E-state index contributed by atoms with van der Waals surface area (Å²) < 4.78 is 38.6. The lowest BCUT2D eigenvalue weighted by molar-refractivity contribution is -0.231. The van der Waals surface area contributed by atoms with Crippen LogP contribution in [0, 0.1) is 0 Å². The van der Waals surface area contributed by atoms with Crippen LogP contribution >= 0.6 is 0 Å². The molecule has 0 bridgehead atoms. The van der Waals surface area contributed by atoms with E-state index in [0.717, 1.165) is 4.90 Å². The van der Waals surface area contributed by atoms with E-state index in [4.69, 9.17) is 0 Å². The maximum atomic E-state index is 12.9. The van der Waals surface area contributed by atoms with E-state index < -0.39 is 11.7 Å². The molecule has 5 heteroatoms. The summed E-state index contributed by atoms with van der Waals surface area (Å²) in [7, 11) is 0. The number of halogens is 3. The molecule has 2 aliphatic rings. The zero-order chi connectivity index (χ0) is 10.4. The molecule has 0 aromatic heterocycles. The standard InChI is InChI=1S/C9H12F3NO/c10-9(11,12)8-4-1-3-7(14)13(8)6-2-5-8/h1-6H2. The van der Waals surface area contributed by atoms with E-state index in [2.05, 4.69) is 0 Å². The number of carbonyl (C=O) groups excluding carboxylic acids is 1. The van der Waals surface area contributed by atoms with Crippen LogP contribution in [0.15, 0.2) is 0 Å². The number of piperidine rings is 1. The molecule has 2 nitrogen and oxygen atoms in total. The Morgan fingerprint density at radius 3 is 2.43 bits per heavy atom. The Hall–Kier alpha value is -0.740. The normalized spacial score (nSPS) is 33.4. The SMILES string of the molecule is O=C1CCCC2(C(F)(F)F)CCCN12. The molecule has 0 aromatic carbocycles.